The smallest absolute Gasteiger partial charge is 0.272 e. The maximum atomic E-state index is 12.2. The number of rotatable bonds is 6. The minimum Gasteiger partial charge on any atom is -0.488 e. The molecule has 1 N–H and O–H groups in total. The van der Waals surface area contributed by atoms with E-state index in [1.54, 1.807) is 22.7 Å². The van der Waals surface area contributed by atoms with Crippen molar-refractivity contribution in [2.45, 2.75) is 19.9 Å². The maximum absolute atomic E-state index is 12.2. The normalized spacial score (nSPS) is 11.1. The second-order valence-electron chi connectivity index (χ2n) is 4.96. The number of aromatic nitrogens is 4. The third kappa shape index (κ3) is 3.71. The highest BCUT2D eigenvalue weighted by atomic mass is 19.3. The monoisotopic (exact) mass is 319 g/mol. The molecule has 0 aliphatic heterocycles. The van der Waals surface area contributed by atoms with E-state index in [2.05, 4.69) is 20.4 Å². The molecule has 6 nitrogen and oxygen atoms in total. The Labute approximate surface area is 131 Å². The van der Waals surface area contributed by atoms with Crippen LogP contribution in [0.4, 0.5) is 14.6 Å². The van der Waals surface area contributed by atoms with Crippen LogP contribution in [0.3, 0.4) is 0 Å². The van der Waals surface area contributed by atoms with Crippen molar-refractivity contribution in [3.05, 3.63) is 47.9 Å². The molecule has 0 unspecified atom stereocenters. The topological polar surface area (TPSA) is 64.3 Å². The number of anilines is 1. The highest BCUT2D eigenvalue weighted by Crippen LogP contribution is 2.16. The number of halogens is 2. The van der Waals surface area contributed by atoms with E-state index >= 15 is 0 Å². The minimum absolute atomic E-state index is 0.418. The number of aryl methyl sites for hydroxylation is 1. The molecule has 0 saturated heterocycles. The molecule has 0 bridgehead atoms. The molecule has 3 rings (SSSR count). The Morgan fingerprint density at radius 2 is 2.17 bits per heavy atom. The first-order chi connectivity index (χ1) is 11.1. The first-order valence-electron chi connectivity index (χ1n) is 7.03. The Balaban J connectivity index is 1.72. The molecular formula is C15H15F2N5O. The quantitative estimate of drug-likeness (QED) is 0.757. The van der Waals surface area contributed by atoms with Gasteiger partial charge in [0.15, 0.2) is 0 Å². The van der Waals surface area contributed by atoms with Crippen LogP contribution < -0.4 is 10.1 Å². The Morgan fingerprint density at radius 3 is 3.00 bits per heavy atom. The van der Waals surface area contributed by atoms with Crippen molar-refractivity contribution in [2.24, 2.45) is 0 Å². The van der Waals surface area contributed by atoms with Crippen LogP contribution in [0, 0.1) is 6.92 Å². The van der Waals surface area contributed by atoms with Crippen molar-refractivity contribution in [1.82, 2.24) is 19.6 Å². The fourth-order valence-electron chi connectivity index (χ4n) is 2.15. The first-order valence-corrected chi connectivity index (χ1v) is 7.03. The van der Waals surface area contributed by atoms with Gasteiger partial charge in [0.05, 0.1) is 0 Å². The van der Waals surface area contributed by atoms with Crippen LogP contribution in [0.25, 0.3) is 5.78 Å². The molecule has 3 aromatic rings. The van der Waals surface area contributed by atoms with Crippen molar-refractivity contribution in [3.8, 4) is 5.75 Å². The van der Waals surface area contributed by atoms with Gasteiger partial charge in [0.2, 0.25) is 0 Å². The molecule has 23 heavy (non-hydrogen) atoms. The maximum Gasteiger partial charge on any atom is 0.272 e. The van der Waals surface area contributed by atoms with Crippen molar-refractivity contribution < 1.29 is 13.5 Å². The molecule has 1 aromatic carbocycles. The predicted octanol–water partition coefficient (Wildman–Crippen LogP) is 2.69. The molecule has 0 fully saturated rings. The molecule has 0 atom stereocenters. The lowest BCUT2D eigenvalue weighted by molar-refractivity contribution is 0.0818. The summed E-state index contributed by atoms with van der Waals surface area (Å²) in [5, 5.41) is 7.35. The highest BCUT2D eigenvalue weighted by molar-refractivity contribution is 5.45. The third-order valence-electron chi connectivity index (χ3n) is 3.13. The van der Waals surface area contributed by atoms with Gasteiger partial charge < -0.3 is 10.1 Å². The van der Waals surface area contributed by atoms with Crippen LogP contribution in [-0.4, -0.2) is 32.6 Å². The lowest BCUT2D eigenvalue weighted by atomic mass is 10.2. The fraction of sp³-hybridized carbons (Fsp3) is 0.267. The number of ether oxygens (including phenoxy) is 1. The van der Waals surface area contributed by atoms with Gasteiger partial charge in [0.25, 0.3) is 12.2 Å². The number of alkyl halides is 2. The number of hydrogen-bond donors (Lipinski definition) is 1. The second kappa shape index (κ2) is 6.55. The van der Waals surface area contributed by atoms with Gasteiger partial charge in [0, 0.05) is 18.3 Å². The van der Waals surface area contributed by atoms with Crippen LogP contribution in [0.5, 0.6) is 5.75 Å². The Morgan fingerprint density at radius 1 is 1.30 bits per heavy atom. The highest BCUT2D eigenvalue weighted by Gasteiger charge is 2.07. The number of benzene rings is 1. The molecule has 0 radical (unpaired) electrons. The van der Waals surface area contributed by atoms with Crippen LogP contribution >= 0.6 is 0 Å². The van der Waals surface area contributed by atoms with E-state index in [0.29, 0.717) is 18.1 Å². The van der Waals surface area contributed by atoms with E-state index in [4.69, 9.17) is 4.74 Å². The molecular weight excluding hydrogens is 304 g/mol. The van der Waals surface area contributed by atoms with E-state index in [0.717, 1.165) is 17.1 Å². The average Bonchev–Trinajstić information content (AvgIpc) is 2.99. The summed E-state index contributed by atoms with van der Waals surface area (Å²) in [4.78, 5) is 8.32. The summed E-state index contributed by atoms with van der Waals surface area (Å²) in [6, 6.07) is 8.88. The van der Waals surface area contributed by atoms with Crippen LogP contribution in [0.2, 0.25) is 0 Å². The first kappa shape index (κ1) is 15.1. The van der Waals surface area contributed by atoms with E-state index in [1.807, 2.05) is 19.1 Å². The number of fused-ring (bicyclic) bond motifs is 1. The van der Waals surface area contributed by atoms with E-state index in [-0.39, 0.29) is 0 Å². The van der Waals surface area contributed by atoms with Crippen molar-refractivity contribution in [3.63, 3.8) is 0 Å². The van der Waals surface area contributed by atoms with E-state index in [9.17, 15) is 8.78 Å². The molecule has 0 spiro atoms. The van der Waals surface area contributed by atoms with Crippen molar-refractivity contribution in [1.29, 1.82) is 0 Å². The van der Waals surface area contributed by atoms with E-state index < -0.39 is 13.0 Å². The van der Waals surface area contributed by atoms with Gasteiger partial charge in [-0.3, -0.25) is 0 Å². The SMILES string of the molecule is Cc1cc(NCc2cccc(OCC(F)F)c2)n2ncnc2n1. The molecule has 2 heterocycles. The van der Waals surface area contributed by atoms with Crippen LogP contribution in [0.1, 0.15) is 11.3 Å². The van der Waals surface area contributed by atoms with Crippen molar-refractivity contribution >= 4 is 11.6 Å². The largest absolute Gasteiger partial charge is 0.488 e. The summed E-state index contributed by atoms with van der Waals surface area (Å²) >= 11 is 0. The van der Waals surface area contributed by atoms with Gasteiger partial charge in [0.1, 0.15) is 24.5 Å². The third-order valence-corrected chi connectivity index (χ3v) is 3.13. The Hall–Kier alpha value is -2.77. The van der Waals surface area contributed by atoms with Crippen LogP contribution in [-0.2, 0) is 6.54 Å². The van der Waals surface area contributed by atoms with E-state index in [1.165, 1.54) is 6.33 Å². The van der Waals surface area contributed by atoms with Crippen molar-refractivity contribution in [2.75, 3.05) is 11.9 Å². The molecule has 0 aliphatic rings. The van der Waals surface area contributed by atoms with Gasteiger partial charge in [-0.25, -0.2) is 13.8 Å². The minimum atomic E-state index is -2.49. The van der Waals surface area contributed by atoms with Gasteiger partial charge in [-0.05, 0) is 24.6 Å². The summed E-state index contributed by atoms with van der Waals surface area (Å²) in [5.74, 6) is 1.69. The Kier molecular flexibility index (Phi) is 4.31. The number of nitrogens with zero attached hydrogens (tertiary/aromatic N) is 4. The Bertz CT molecular complexity index is 805. The summed E-state index contributed by atoms with van der Waals surface area (Å²) in [7, 11) is 0. The molecule has 8 heteroatoms. The van der Waals surface area contributed by atoms with Gasteiger partial charge >= 0.3 is 0 Å². The second-order valence-corrected chi connectivity index (χ2v) is 4.96. The molecule has 0 amide bonds. The van der Waals surface area contributed by atoms with Gasteiger partial charge in [-0.15, -0.1) is 0 Å². The molecule has 2 aromatic heterocycles. The zero-order valence-corrected chi connectivity index (χ0v) is 12.4. The van der Waals surface area contributed by atoms with Crippen LogP contribution in [0.15, 0.2) is 36.7 Å². The molecule has 120 valence electrons. The fourth-order valence-corrected chi connectivity index (χ4v) is 2.15. The zero-order valence-electron chi connectivity index (χ0n) is 12.4. The summed E-state index contributed by atoms with van der Waals surface area (Å²) in [5.41, 5.74) is 1.72. The lowest BCUT2D eigenvalue weighted by Crippen LogP contribution is -2.08. The van der Waals surface area contributed by atoms with Gasteiger partial charge in [-0.2, -0.15) is 14.6 Å². The molecule has 0 aliphatic carbocycles. The number of nitrogens with one attached hydrogen (secondary N) is 1. The summed E-state index contributed by atoms with van der Waals surface area (Å²) < 4.78 is 31.0. The summed E-state index contributed by atoms with van der Waals surface area (Å²) in [6.07, 6.45) is -1.05. The molecule has 0 saturated carbocycles. The summed E-state index contributed by atoms with van der Waals surface area (Å²) in [6.45, 7) is 1.75. The lowest BCUT2D eigenvalue weighted by Gasteiger charge is -2.10. The zero-order chi connectivity index (χ0) is 16.2. The van der Waals surface area contributed by atoms with Gasteiger partial charge in [-0.1, -0.05) is 12.1 Å². The predicted molar refractivity (Wildman–Crippen MR) is 80.8 cm³/mol. The number of hydrogen-bond acceptors (Lipinski definition) is 5. The standard InChI is InChI=1S/C15H15F2N5O/c1-10-5-14(22-15(21-10)19-9-20-22)18-7-11-3-2-4-12(6-11)23-8-13(16)17/h2-6,9,13,18H,7-8H2,1H3. The average molecular weight is 319 g/mol.